The smallest absolute Gasteiger partial charge is 0.317 e. The lowest BCUT2D eigenvalue weighted by molar-refractivity contribution is -0.149. The lowest BCUT2D eigenvalue weighted by Gasteiger charge is -2.23. The van der Waals surface area contributed by atoms with Crippen molar-refractivity contribution in [2.45, 2.75) is 39.2 Å². The predicted molar refractivity (Wildman–Crippen MR) is 91.2 cm³/mol. The molecule has 3 rings (SSSR count). The monoisotopic (exact) mass is 347 g/mol. The highest BCUT2D eigenvalue weighted by atomic mass is 16.5. The summed E-state index contributed by atoms with van der Waals surface area (Å²) in [6.07, 6.45) is 5.02. The minimum atomic E-state index is -0.771. The number of ether oxygens (including phenoxy) is 1. The Morgan fingerprint density at radius 1 is 1.52 bits per heavy atom. The van der Waals surface area contributed by atoms with Gasteiger partial charge >= 0.3 is 12.0 Å². The minimum absolute atomic E-state index is 0.0672. The molecule has 2 fully saturated rings. The number of aromatic nitrogens is 1. The fraction of sp³-hybridized carbons (Fsp3) is 0.611. The highest BCUT2D eigenvalue weighted by molar-refractivity contribution is 5.80. The zero-order valence-corrected chi connectivity index (χ0v) is 14.5. The predicted octanol–water partition coefficient (Wildman–Crippen LogP) is 2.27. The summed E-state index contributed by atoms with van der Waals surface area (Å²) >= 11 is 0. The molecule has 2 heterocycles. The van der Waals surface area contributed by atoms with Gasteiger partial charge < -0.3 is 20.1 Å². The molecule has 1 saturated carbocycles. The van der Waals surface area contributed by atoms with Crippen molar-refractivity contribution in [2.24, 2.45) is 11.3 Å². The molecule has 2 amide bonds. The van der Waals surface area contributed by atoms with Gasteiger partial charge in [0.25, 0.3) is 0 Å². The van der Waals surface area contributed by atoms with Crippen LogP contribution in [0.5, 0.6) is 5.88 Å². The molecule has 136 valence electrons. The number of hydrogen-bond acceptors (Lipinski definition) is 4. The van der Waals surface area contributed by atoms with Crippen LogP contribution in [-0.4, -0.2) is 46.7 Å². The molecule has 0 radical (unpaired) electrons. The summed E-state index contributed by atoms with van der Waals surface area (Å²) < 4.78 is 5.60. The third kappa shape index (κ3) is 3.41. The van der Waals surface area contributed by atoms with E-state index in [4.69, 9.17) is 4.74 Å². The largest absolute Gasteiger partial charge is 0.481 e. The standard InChI is InChI=1S/C18H25N3O4/c1-2-9-25-15-13(5-4-8-19-15)10-20-17(24)21-11-14-6-3-7-18(14,12-21)16(22)23/h4-5,8,14H,2-3,6-7,9-12H2,1H3,(H,20,24)(H,22,23)/t14-,18+/m0/s1. The van der Waals surface area contributed by atoms with Crippen LogP contribution in [0.15, 0.2) is 18.3 Å². The van der Waals surface area contributed by atoms with Gasteiger partial charge in [-0.25, -0.2) is 9.78 Å². The van der Waals surface area contributed by atoms with Crippen molar-refractivity contribution < 1.29 is 19.4 Å². The first-order valence-electron chi connectivity index (χ1n) is 8.89. The van der Waals surface area contributed by atoms with Crippen molar-refractivity contribution in [2.75, 3.05) is 19.7 Å². The van der Waals surface area contributed by atoms with Crippen LogP contribution in [0.4, 0.5) is 4.79 Å². The van der Waals surface area contributed by atoms with Gasteiger partial charge in [-0.05, 0) is 31.2 Å². The molecule has 1 aliphatic heterocycles. The molecule has 1 aliphatic carbocycles. The minimum Gasteiger partial charge on any atom is -0.481 e. The summed E-state index contributed by atoms with van der Waals surface area (Å²) in [5.41, 5.74) is 0.0674. The van der Waals surface area contributed by atoms with E-state index < -0.39 is 11.4 Å². The number of likely N-dealkylation sites (tertiary alicyclic amines) is 1. The lowest BCUT2D eigenvalue weighted by Crippen LogP contribution is -2.41. The van der Waals surface area contributed by atoms with Crippen molar-refractivity contribution in [1.82, 2.24) is 15.2 Å². The van der Waals surface area contributed by atoms with Crippen LogP contribution < -0.4 is 10.1 Å². The summed E-state index contributed by atoms with van der Waals surface area (Å²) in [5, 5.41) is 12.5. The third-order valence-corrected chi connectivity index (χ3v) is 5.31. The number of hydrogen-bond donors (Lipinski definition) is 2. The average Bonchev–Trinajstić information content (AvgIpc) is 3.17. The molecule has 25 heavy (non-hydrogen) atoms. The Balaban J connectivity index is 1.60. The lowest BCUT2D eigenvalue weighted by atomic mass is 9.81. The second-order valence-electron chi connectivity index (χ2n) is 6.91. The fourth-order valence-electron chi connectivity index (χ4n) is 3.96. The molecule has 2 atom stereocenters. The van der Waals surface area contributed by atoms with E-state index in [1.54, 1.807) is 17.2 Å². The Morgan fingerprint density at radius 2 is 2.36 bits per heavy atom. The zero-order chi connectivity index (χ0) is 17.9. The molecule has 0 unspecified atom stereocenters. The number of rotatable bonds is 6. The first kappa shape index (κ1) is 17.5. The molecular formula is C18H25N3O4. The molecule has 7 heteroatoms. The van der Waals surface area contributed by atoms with Crippen LogP contribution in [0.25, 0.3) is 0 Å². The summed E-state index contributed by atoms with van der Waals surface area (Å²) in [4.78, 5) is 30.1. The fourth-order valence-corrected chi connectivity index (χ4v) is 3.96. The quantitative estimate of drug-likeness (QED) is 0.823. The topological polar surface area (TPSA) is 91.8 Å². The summed E-state index contributed by atoms with van der Waals surface area (Å²) in [5.74, 6) is -0.171. The maximum absolute atomic E-state index is 12.5. The number of carbonyl (C=O) groups excluding carboxylic acids is 1. The van der Waals surface area contributed by atoms with E-state index in [0.29, 0.717) is 38.5 Å². The van der Waals surface area contributed by atoms with Crippen LogP contribution in [0, 0.1) is 11.3 Å². The number of carbonyl (C=O) groups is 2. The van der Waals surface area contributed by atoms with Crippen molar-refractivity contribution >= 4 is 12.0 Å². The van der Waals surface area contributed by atoms with Gasteiger partial charge in [-0.2, -0.15) is 0 Å². The van der Waals surface area contributed by atoms with E-state index >= 15 is 0 Å². The molecule has 1 aromatic heterocycles. The van der Waals surface area contributed by atoms with Crippen LogP contribution in [0.2, 0.25) is 0 Å². The zero-order valence-electron chi connectivity index (χ0n) is 14.5. The van der Waals surface area contributed by atoms with Gasteiger partial charge in [0.1, 0.15) is 0 Å². The number of carboxylic acids is 1. The van der Waals surface area contributed by atoms with Gasteiger partial charge in [0.2, 0.25) is 5.88 Å². The number of fused-ring (bicyclic) bond motifs is 1. The van der Waals surface area contributed by atoms with Crippen molar-refractivity contribution in [3.8, 4) is 5.88 Å². The van der Waals surface area contributed by atoms with Gasteiger partial charge in [-0.15, -0.1) is 0 Å². The summed E-state index contributed by atoms with van der Waals surface area (Å²) in [7, 11) is 0. The van der Waals surface area contributed by atoms with Gasteiger partial charge in [0.15, 0.2) is 0 Å². The molecule has 1 saturated heterocycles. The van der Waals surface area contributed by atoms with Crippen LogP contribution in [0.1, 0.15) is 38.2 Å². The number of nitrogens with zero attached hydrogens (tertiary/aromatic N) is 2. The number of nitrogens with one attached hydrogen (secondary N) is 1. The Kier molecular flexibility index (Phi) is 5.11. The van der Waals surface area contributed by atoms with E-state index in [1.165, 1.54) is 0 Å². The molecule has 1 aromatic rings. The van der Waals surface area contributed by atoms with Gasteiger partial charge in [0, 0.05) is 31.4 Å². The van der Waals surface area contributed by atoms with Gasteiger partial charge in [0.05, 0.1) is 12.0 Å². The molecule has 2 N–H and O–H groups in total. The number of pyridine rings is 1. The van der Waals surface area contributed by atoms with Crippen molar-refractivity contribution in [3.05, 3.63) is 23.9 Å². The third-order valence-electron chi connectivity index (χ3n) is 5.31. The van der Waals surface area contributed by atoms with E-state index in [0.717, 1.165) is 24.8 Å². The Hall–Kier alpha value is -2.31. The maximum Gasteiger partial charge on any atom is 0.317 e. The van der Waals surface area contributed by atoms with Crippen molar-refractivity contribution in [1.29, 1.82) is 0 Å². The van der Waals surface area contributed by atoms with Crippen LogP contribution in [0.3, 0.4) is 0 Å². The average molecular weight is 347 g/mol. The first-order valence-corrected chi connectivity index (χ1v) is 8.89. The van der Waals surface area contributed by atoms with Crippen molar-refractivity contribution in [3.63, 3.8) is 0 Å². The molecule has 0 aromatic carbocycles. The number of carboxylic acid groups (broad SMARTS) is 1. The molecule has 0 spiro atoms. The van der Waals surface area contributed by atoms with E-state index in [1.807, 2.05) is 13.0 Å². The maximum atomic E-state index is 12.5. The second kappa shape index (κ2) is 7.29. The molecule has 7 nitrogen and oxygen atoms in total. The van der Waals surface area contributed by atoms with E-state index in [9.17, 15) is 14.7 Å². The van der Waals surface area contributed by atoms with E-state index in [2.05, 4.69) is 10.3 Å². The molecular weight excluding hydrogens is 322 g/mol. The number of urea groups is 1. The number of aliphatic carboxylic acids is 1. The summed E-state index contributed by atoms with van der Waals surface area (Å²) in [6, 6.07) is 3.45. The summed E-state index contributed by atoms with van der Waals surface area (Å²) in [6.45, 7) is 3.72. The van der Waals surface area contributed by atoms with Gasteiger partial charge in [-0.3, -0.25) is 4.79 Å². The molecule has 2 aliphatic rings. The second-order valence-corrected chi connectivity index (χ2v) is 6.91. The Bertz CT molecular complexity index is 651. The van der Waals surface area contributed by atoms with E-state index in [-0.39, 0.29) is 11.9 Å². The highest BCUT2D eigenvalue weighted by Gasteiger charge is 2.55. The van der Waals surface area contributed by atoms with Crippen LogP contribution >= 0.6 is 0 Å². The van der Waals surface area contributed by atoms with Gasteiger partial charge in [-0.1, -0.05) is 19.4 Å². The first-order chi connectivity index (χ1) is 12.1. The normalized spacial score (nSPS) is 24.8. The number of amides is 2. The highest BCUT2D eigenvalue weighted by Crippen LogP contribution is 2.48. The SMILES string of the molecule is CCCOc1ncccc1CNC(=O)N1C[C@@H]2CCC[C@@]2(C(=O)O)C1. The Morgan fingerprint density at radius 3 is 3.08 bits per heavy atom. The van der Waals surface area contributed by atoms with Crippen LogP contribution in [-0.2, 0) is 11.3 Å². The Labute approximate surface area is 147 Å². The molecule has 0 bridgehead atoms.